The first-order valence-electron chi connectivity index (χ1n) is 8.15. The molecule has 0 aromatic heterocycles. The predicted molar refractivity (Wildman–Crippen MR) is 104 cm³/mol. The van der Waals surface area contributed by atoms with Crippen molar-refractivity contribution in [3.63, 3.8) is 0 Å². The lowest BCUT2D eigenvalue weighted by molar-refractivity contribution is 0.238. The van der Waals surface area contributed by atoms with Crippen LogP contribution in [0.25, 0.3) is 0 Å². The Balaban J connectivity index is 0.00000338. The van der Waals surface area contributed by atoms with E-state index in [1.807, 2.05) is 19.1 Å². The van der Waals surface area contributed by atoms with Crippen LogP contribution in [0.1, 0.15) is 24.5 Å². The number of ether oxygens (including phenoxy) is 2. The molecule has 7 heteroatoms. The average molecular weight is 404 g/mol. The summed E-state index contributed by atoms with van der Waals surface area (Å²) in [6, 6.07) is 10.1. The molecule has 0 saturated heterocycles. The molecule has 1 atom stereocenters. The quantitative estimate of drug-likeness (QED) is 0.653. The van der Waals surface area contributed by atoms with Gasteiger partial charge in [0.15, 0.2) is 11.5 Å². The third-order valence-electron chi connectivity index (χ3n) is 3.97. The molecule has 26 heavy (non-hydrogen) atoms. The van der Waals surface area contributed by atoms with E-state index in [2.05, 4.69) is 5.32 Å². The van der Waals surface area contributed by atoms with Crippen molar-refractivity contribution in [2.45, 2.75) is 32.5 Å². The summed E-state index contributed by atoms with van der Waals surface area (Å²) in [6.07, 6.45) is 0.845. The molecule has 0 bridgehead atoms. The Hall–Kier alpha value is -1.53. The minimum atomic E-state index is -0.401. The van der Waals surface area contributed by atoms with Crippen molar-refractivity contribution < 1.29 is 19.0 Å². The van der Waals surface area contributed by atoms with Crippen molar-refractivity contribution in [2.75, 3.05) is 13.7 Å². The number of benzene rings is 2. The van der Waals surface area contributed by atoms with Crippen molar-refractivity contribution in [3.05, 3.63) is 58.4 Å². The fourth-order valence-corrected chi connectivity index (χ4v) is 2.58. The van der Waals surface area contributed by atoms with E-state index in [0.717, 1.165) is 12.0 Å². The van der Waals surface area contributed by atoms with Crippen LogP contribution in [0.5, 0.6) is 11.5 Å². The summed E-state index contributed by atoms with van der Waals surface area (Å²) in [5.41, 5.74) is 1.31. The van der Waals surface area contributed by atoms with E-state index in [1.54, 1.807) is 25.3 Å². The smallest absolute Gasteiger partial charge is 0.161 e. The summed E-state index contributed by atoms with van der Waals surface area (Å²) in [5, 5.41) is 12.8. The maximum Gasteiger partial charge on any atom is 0.161 e. The van der Waals surface area contributed by atoms with Crippen LogP contribution in [0.4, 0.5) is 4.39 Å². The summed E-state index contributed by atoms with van der Waals surface area (Å²) in [4.78, 5) is 0. The average Bonchev–Trinajstić information content (AvgIpc) is 2.62. The highest BCUT2D eigenvalue weighted by Gasteiger charge is 2.11. The monoisotopic (exact) mass is 403 g/mol. The number of hydrogen-bond acceptors (Lipinski definition) is 4. The lowest BCUT2D eigenvalue weighted by Crippen LogP contribution is -2.31. The van der Waals surface area contributed by atoms with Crippen molar-refractivity contribution in [1.82, 2.24) is 5.32 Å². The minimum absolute atomic E-state index is 0. The molecule has 2 aromatic carbocycles. The molecule has 4 nitrogen and oxygen atoms in total. The highest BCUT2D eigenvalue weighted by Crippen LogP contribution is 2.30. The Morgan fingerprint density at radius 2 is 2.00 bits per heavy atom. The number of aliphatic hydroxyl groups is 1. The normalized spacial score (nSPS) is 11.6. The van der Waals surface area contributed by atoms with Crippen molar-refractivity contribution >= 4 is 24.0 Å². The number of methoxy groups -OCH3 is 1. The van der Waals surface area contributed by atoms with Gasteiger partial charge in [0.1, 0.15) is 12.4 Å². The Bertz CT molecular complexity index is 676. The van der Waals surface area contributed by atoms with Crippen LogP contribution in [0.2, 0.25) is 5.02 Å². The second-order valence-electron chi connectivity index (χ2n) is 5.64. The molecule has 0 aliphatic heterocycles. The van der Waals surface area contributed by atoms with E-state index >= 15 is 0 Å². The van der Waals surface area contributed by atoms with Gasteiger partial charge < -0.3 is 19.9 Å². The zero-order valence-corrected chi connectivity index (χ0v) is 16.4. The van der Waals surface area contributed by atoms with E-state index in [9.17, 15) is 9.50 Å². The third-order valence-corrected chi connectivity index (χ3v) is 4.32. The van der Waals surface area contributed by atoms with E-state index in [1.165, 1.54) is 6.07 Å². The van der Waals surface area contributed by atoms with Crippen LogP contribution in [-0.4, -0.2) is 24.9 Å². The molecular formula is C19H24Cl2FNO3. The minimum Gasteiger partial charge on any atom is -0.493 e. The molecule has 2 aromatic rings. The Labute approximate surface area is 164 Å². The molecule has 2 N–H and O–H groups in total. The second-order valence-corrected chi connectivity index (χ2v) is 6.05. The van der Waals surface area contributed by atoms with Crippen LogP contribution >= 0.6 is 24.0 Å². The molecule has 0 radical (unpaired) electrons. The van der Waals surface area contributed by atoms with Gasteiger partial charge in [-0.3, -0.25) is 0 Å². The standard InChI is InChI=1S/C19H23ClFNO3.ClH/c1-3-14(11-23)22-10-13-7-8-18(19(9-13)24-2)25-12-15-16(20)5-4-6-17(15)21;/h4-9,14,22-23H,3,10-12H2,1-2H3;1H. The van der Waals surface area contributed by atoms with E-state index in [4.69, 9.17) is 21.1 Å². The maximum atomic E-state index is 13.8. The summed E-state index contributed by atoms with van der Waals surface area (Å²) in [6.45, 7) is 2.73. The number of hydrogen-bond donors (Lipinski definition) is 2. The summed E-state index contributed by atoms with van der Waals surface area (Å²) in [5.74, 6) is 0.672. The molecule has 0 saturated carbocycles. The lowest BCUT2D eigenvalue weighted by Gasteiger charge is -2.16. The van der Waals surface area contributed by atoms with Crippen molar-refractivity contribution in [1.29, 1.82) is 0 Å². The Morgan fingerprint density at radius 3 is 2.62 bits per heavy atom. The van der Waals surface area contributed by atoms with Crippen LogP contribution in [0.15, 0.2) is 36.4 Å². The Kier molecular flexibility index (Phi) is 9.73. The number of nitrogens with one attached hydrogen (secondary N) is 1. The lowest BCUT2D eigenvalue weighted by atomic mass is 10.1. The fraction of sp³-hybridized carbons (Fsp3) is 0.368. The SMILES string of the molecule is CCC(CO)NCc1ccc(OCc2c(F)cccc2Cl)c(OC)c1.Cl. The van der Waals surface area contributed by atoms with Crippen molar-refractivity contribution in [2.24, 2.45) is 0 Å². The molecule has 1 unspecified atom stereocenters. The number of rotatable bonds is 9. The van der Waals surface area contributed by atoms with Crippen LogP contribution in [0, 0.1) is 5.82 Å². The molecular weight excluding hydrogens is 380 g/mol. The van der Waals surface area contributed by atoms with Crippen LogP contribution < -0.4 is 14.8 Å². The molecule has 144 valence electrons. The van der Waals surface area contributed by atoms with Gasteiger partial charge in [0.05, 0.1) is 18.7 Å². The summed E-state index contributed by atoms with van der Waals surface area (Å²) < 4.78 is 24.9. The van der Waals surface area contributed by atoms with Gasteiger partial charge in [0, 0.05) is 18.2 Å². The van der Waals surface area contributed by atoms with Crippen molar-refractivity contribution in [3.8, 4) is 11.5 Å². The van der Waals surface area contributed by atoms with Gasteiger partial charge in [-0.05, 0) is 36.2 Å². The third kappa shape index (κ3) is 6.02. The second kappa shape index (κ2) is 11.2. The highest BCUT2D eigenvalue weighted by atomic mass is 35.5. The summed E-state index contributed by atoms with van der Waals surface area (Å²) >= 11 is 6.01. The van der Waals surface area contributed by atoms with Gasteiger partial charge in [-0.1, -0.05) is 30.7 Å². The van der Waals surface area contributed by atoms with Gasteiger partial charge >= 0.3 is 0 Å². The van der Waals surface area contributed by atoms with Crippen LogP contribution in [-0.2, 0) is 13.2 Å². The maximum absolute atomic E-state index is 13.8. The first-order chi connectivity index (χ1) is 12.1. The molecule has 2 rings (SSSR count). The van der Waals surface area contributed by atoms with Crippen LogP contribution in [0.3, 0.4) is 0 Å². The first-order valence-corrected chi connectivity index (χ1v) is 8.53. The number of halogens is 3. The summed E-state index contributed by atoms with van der Waals surface area (Å²) in [7, 11) is 1.55. The zero-order chi connectivity index (χ0) is 18.2. The van der Waals surface area contributed by atoms with Gasteiger partial charge in [-0.2, -0.15) is 0 Å². The van der Waals surface area contributed by atoms with Gasteiger partial charge in [-0.15, -0.1) is 12.4 Å². The van der Waals surface area contributed by atoms with E-state index in [-0.39, 0.29) is 31.7 Å². The zero-order valence-electron chi connectivity index (χ0n) is 14.8. The molecule has 0 aliphatic rings. The fourth-order valence-electron chi connectivity index (χ4n) is 2.36. The van der Waals surface area contributed by atoms with E-state index < -0.39 is 5.82 Å². The Morgan fingerprint density at radius 1 is 1.23 bits per heavy atom. The largest absolute Gasteiger partial charge is 0.493 e. The molecule has 0 aliphatic carbocycles. The molecule has 0 spiro atoms. The molecule has 0 amide bonds. The van der Waals surface area contributed by atoms with Gasteiger partial charge in [-0.25, -0.2) is 4.39 Å². The van der Waals surface area contributed by atoms with Gasteiger partial charge in [0.25, 0.3) is 0 Å². The predicted octanol–water partition coefficient (Wildman–Crippen LogP) is 4.35. The number of aliphatic hydroxyl groups excluding tert-OH is 1. The molecule has 0 fully saturated rings. The topological polar surface area (TPSA) is 50.7 Å². The highest BCUT2D eigenvalue weighted by molar-refractivity contribution is 6.31. The first kappa shape index (κ1) is 22.5. The molecule has 0 heterocycles. The van der Waals surface area contributed by atoms with E-state index in [0.29, 0.717) is 28.6 Å². The van der Waals surface area contributed by atoms with Gasteiger partial charge in [0.2, 0.25) is 0 Å².